The highest BCUT2D eigenvalue weighted by Crippen LogP contribution is 2.39. The molecule has 280 valence electrons. The Morgan fingerprint density at radius 1 is 0.667 bits per heavy atom. The molecule has 0 radical (unpaired) electrons. The molecule has 54 heavy (non-hydrogen) atoms. The number of hydrogen-bond acceptors (Lipinski definition) is 6. The summed E-state index contributed by atoms with van der Waals surface area (Å²) in [6.07, 6.45) is 7.55. The first-order valence-electron chi connectivity index (χ1n) is 18.6. The van der Waals surface area contributed by atoms with Gasteiger partial charge in [-0.05, 0) is 47.2 Å². The molecule has 5 amide bonds. The number of urea groups is 2. The molecule has 2 saturated heterocycles. The second kappa shape index (κ2) is 16.9. The monoisotopic (exact) mass is 726 g/mol. The summed E-state index contributed by atoms with van der Waals surface area (Å²) in [7, 11) is 0. The van der Waals surface area contributed by atoms with Crippen molar-refractivity contribution >= 4 is 41.5 Å². The number of benzene rings is 4. The van der Waals surface area contributed by atoms with Crippen molar-refractivity contribution in [3.05, 3.63) is 145 Å². The molecule has 0 aromatic heterocycles. The maximum atomic E-state index is 14.9. The molecular weight excluding hydrogens is 677 g/mol. The number of nitrogens with zero attached hydrogens (tertiary/aromatic N) is 3. The van der Waals surface area contributed by atoms with Gasteiger partial charge in [0.2, 0.25) is 0 Å². The number of nitrogens with one attached hydrogen (secondary N) is 3. The van der Waals surface area contributed by atoms with E-state index >= 15 is 0 Å². The third kappa shape index (κ3) is 8.34. The zero-order valence-electron chi connectivity index (χ0n) is 31.2. The van der Waals surface area contributed by atoms with E-state index in [9.17, 15) is 19.5 Å². The standard InChI is InChI=1S/C44H50N6O4/c1-31(2)29-48-41(51)39(37(45-35-21-13-7-14-22-35)27-25-33-17-9-5-10-18-33)50(43(48)53)44(54)40(47-42(52)49(44)30-32(3)4)38(46-36-23-15-8-16-24-36)28-26-34-19-11-6-12-20-34/h5-28,31-32,37-40,45-46,54H,29-30H2,1-4H3,(H,47,52)/b27-25+,28-26+/t37-,38-,39-,40+,44?/m1/s1. The number of amides is 5. The van der Waals surface area contributed by atoms with Crippen molar-refractivity contribution in [2.45, 2.75) is 57.7 Å². The van der Waals surface area contributed by atoms with Crippen LogP contribution in [0.1, 0.15) is 38.8 Å². The lowest BCUT2D eigenvalue weighted by Gasteiger charge is -2.47. The highest BCUT2D eigenvalue weighted by atomic mass is 16.4. The average Bonchev–Trinajstić information content (AvgIpc) is 3.57. The Balaban J connectivity index is 1.53. The zero-order valence-corrected chi connectivity index (χ0v) is 31.2. The van der Waals surface area contributed by atoms with Gasteiger partial charge in [-0.2, -0.15) is 0 Å². The fraction of sp³-hybridized carbons (Fsp3) is 0.295. The summed E-state index contributed by atoms with van der Waals surface area (Å²) in [6, 6.07) is 33.2. The number of para-hydroxylation sites is 2. The zero-order chi connectivity index (χ0) is 38.2. The quantitative estimate of drug-likeness (QED) is 0.0952. The normalized spacial score (nSPS) is 21.5. The molecule has 5 atom stereocenters. The molecular formula is C44H50N6O4. The fourth-order valence-electron chi connectivity index (χ4n) is 7.11. The second-order valence-corrected chi connectivity index (χ2v) is 14.7. The highest BCUT2D eigenvalue weighted by Gasteiger charge is 2.66. The van der Waals surface area contributed by atoms with Crippen LogP contribution in [0.5, 0.6) is 0 Å². The van der Waals surface area contributed by atoms with Gasteiger partial charge < -0.3 is 21.1 Å². The van der Waals surface area contributed by atoms with Crippen LogP contribution in [0.25, 0.3) is 12.2 Å². The number of anilines is 2. The average molecular weight is 727 g/mol. The minimum Gasteiger partial charge on any atom is -0.376 e. The molecule has 1 unspecified atom stereocenters. The van der Waals surface area contributed by atoms with Crippen LogP contribution in [0.3, 0.4) is 0 Å². The molecule has 2 aliphatic heterocycles. The van der Waals surface area contributed by atoms with Crippen LogP contribution in [-0.4, -0.2) is 80.9 Å². The number of aliphatic hydroxyl groups is 1. The van der Waals surface area contributed by atoms with Gasteiger partial charge in [0.1, 0.15) is 12.1 Å². The second-order valence-electron chi connectivity index (χ2n) is 14.7. The minimum absolute atomic E-state index is 0.0549. The summed E-state index contributed by atoms with van der Waals surface area (Å²) in [6.45, 7) is 8.01. The van der Waals surface area contributed by atoms with Gasteiger partial charge in [-0.1, -0.05) is 149 Å². The fourth-order valence-corrected chi connectivity index (χ4v) is 7.11. The lowest BCUT2D eigenvalue weighted by molar-refractivity contribution is -0.184. The molecule has 0 bridgehead atoms. The number of carbonyl (C=O) groups is 3. The third-order valence-corrected chi connectivity index (χ3v) is 9.53. The van der Waals surface area contributed by atoms with Gasteiger partial charge in [-0.3, -0.25) is 19.5 Å². The van der Waals surface area contributed by atoms with Crippen LogP contribution in [-0.2, 0) is 4.79 Å². The smallest absolute Gasteiger partial charge is 0.331 e. The van der Waals surface area contributed by atoms with Crippen LogP contribution < -0.4 is 16.0 Å². The van der Waals surface area contributed by atoms with E-state index in [1.54, 1.807) is 0 Å². The van der Waals surface area contributed by atoms with Crippen molar-refractivity contribution in [2.75, 3.05) is 23.7 Å². The van der Waals surface area contributed by atoms with Gasteiger partial charge in [0.15, 0.2) is 0 Å². The number of imide groups is 1. The Morgan fingerprint density at radius 3 is 1.59 bits per heavy atom. The largest absolute Gasteiger partial charge is 0.376 e. The SMILES string of the molecule is CC(C)CN1C(=O)[C@@H]([C@@H](/C=C/c2ccccc2)Nc2ccccc2)N(C2(O)[C@H]([C@@H](/C=C/c3ccccc3)Nc3ccccc3)NC(=O)N2CC(C)C)C1=O. The molecule has 0 spiro atoms. The van der Waals surface area contributed by atoms with Gasteiger partial charge in [0.25, 0.3) is 11.8 Å². The van der Waals surface area contributed by atoms with Crippen LogP contribution in [0.2, 0.25) is 0 Å². The molecule has 4 aromatic rings. The topological polar surface area (TPSA) is 117 Å². The lowest BCUT2D eigenvalue weighted by atomic mass is 9.96. The predicted molar refractivity (Wildman–Crippen MR) is 215 cm³/mol. The van der Waals surface area contributed by atoms with Gasteiger partial charge >= 0.3 is 12.1 Å². The van der Waals surface area contributed by atoms with Crippen molar-refractivity contribution in [1.82, 2.24) is 20.0 Å². The van der Waals surface area contributed by atoms with E-state index in [-0.39, 0.29) is 24.9 Å². The summed E-state index contributed by atoms with van der Waals surface area (Å²) in [5.41, 5.74) is 3.28. The Bertz CT molecular complexity index is 1920. The van der Waals surface area contributed by atoms with Crippen molar-refractivity contribution in [1.29, 1.82) is 0 Å². The lowest BCUT2D eigenvalue weighted by Crippen LogP contribution is -2.71. The third-order valence-electron chi connectivity index (χ3n) is 9.53. The van der Waals surface area contributed by atoms with Gasteiger partial charge in [0, 0.05) is 24.5 Å². The first-order chi connectivity index (χ1) is 26.1. The molecule has 2 aliphatic rings. The maximum absolute atomic E-state index is 14.9. The predicted octanol–water partition coefficient (Wildman–Crippen LogP) is 7.36. The number of rotatable bonds is 15. The summed E-state index contributed by atoms with van der Waals surface area (Å²) in [5, 5.41) is 23.6. The van der Waals surface area contributed by atoms with Crippen LogP contribution in [0.4, 0.5) is 21.0 Å². The number of carbonyl (C=O) groups excluding carboxylic acids is 3. The molecule has 2 heterocycles. The van der Waals surface area contributed by atoms with Gasteiger partial charge in [0.05, 0.1) is 12.1 Å². The molecule has 10 heteroatoms. The molecule has 0 saturated carbocycles. The first kappa shape index (κ1) is 37.9. The molecule has 0 aliphatic carbocycles. The van der Waals surface area contributed by atoms with Crippen molar-refractivity contribution in [3.63, 3.8) is 0 Å². The van der Waals surface area contributed by atoms with E-state index in [4.69, 9.17) is 0 Å². The summed E-state index contributed by atoms with van der Waals surface area (Å²) in [4.78, 5) is 47.7. The highest BCUT2D eigenvalue weighted by molar-refractivity contribution is 6.06. The van der Waals surface area contributed by atoms with E-state index in [1.807, 2.05) is 173 Å². The Labute approximate surface area is 318 Å². The summed E-state index contributed by atoms with van der Waals surface area (Å²) in [5.74, 6) is -2.92. The van der Waals surface area contributed by atoms with E-state index in [0.29, 0.717) is 0 Å². The Hall–Kier alpha value is -5.87. The first-order valence-corrected chi connectivity index (χ1v) is 18.6. The van der Waals surface area contributed by atoms with Crippen LogP contribution in [0, 0.1) is 11.8 Å². The van der Waals surface area contributed by atoms with E-state index in [2.05, 4.69) is 16.0 Å². The van der Waals surface area contributed by atoms with E-state index in [1.165, 1.54) is 14.7 Å². The number of hydrogen-bond donors (Lipinski definition) is 4. The molecule has 4 aromatic carbocycles. The molecule has 2 fully saturated rings. The summed E-state index contributed by atoms with van der Waals surface area (Å²) < 4.78 is 0. The van der Waals surface area contributed by atoms with E-state index < -0.39 is 48.0 Å². The van der Waals surface area contributed by atoms with Crippen molar-refractivity contribution in [2.24, 2.45) is 11.8 Å². The minimum atomic E-state index is -2.31. The Kier molecular flexibility index (Phi) is 11.8. The van der Waals surface area contributed by atoms with Crippen molar-refractivity contribution in [3.8, 4) is 0 Å². The molecule has 4 N–H and O–H groups in total. The van der Waals surface area contributed by atoms with Gasteiger partial charge in [-0.15, -0.1) is 0 Å². The molecule has 10 nitrogen and oxygen atoms in total. The maximum Gasteiger partial charge on any atom is 0.331 e. The van der Waals surface area contributed by atoms with Crippen molar-refractivity contribution < 1.29 is 19.5 Å². The van der Waals surface area contributed by atoms with E-state index in [0.717, 1.165) is 22.5 Å². The Morgan fingerprint density at radius 2 is 1.11 bits per heavy atom. The summed E-state index contributed by atoms with van der Waals surface area (Å²) >= 11 is 0. The molecule has 6 rings (SSSR count). The van der Waals surface area contributed by atoms with Crippen LogP contribution in [0.15, 0.2) is 133 Å². The van der Waals surface area contributed by atoms with Crippen LogP contribution >= 0.6 is 0 Å². The van der Waals surface area contributed by atoms with Gasteiger partial charge in [-0.25, -0.2) is 9.59 Å².